The summed E-state index contributed by atoms with van der Waals surface area (Å²) in [6, 6.07) is 8.06. The molecule has 0 bridgehead atoms. The highest BCUT2D eigenvalue weighted by Crippen LogP contribution is 2.16. The van der Waals surface area contributed by atoms with E-state index in [0.29, 0.717) is 0 Å². The molecule has 0 aliphatic carbocycles. The Morgan fingerprint density at radius 1 is 1.00 bits per heavy atom. The smallest absolute Gasteiger partial charge is 0.0892 e. The number of allylic oxidation sites excluding steroid dienone is 1. The Bertz CT molecular complexity index is 516. The molecule has 0 fully saturated rings. The number of aryl methyl sites for hydroxylation is 1. The minimum absolute atomic E-state index is 0.916. The summed E-state index contributed by atoms with van der Waals surface area (Å²) in [5.74, 6) is 0. The molecule has 2 aromatic rings. The van der Waals surface area contributed by atoms with Crippen molar-refractivity contribution in [1.82, 2.24) is 9.97 Å². The monoisotopic (exact) mass is 210 g/mol. The molecule has 2 nitrogen and oxygen atoms in total. The molecule has 0 saturated heterocycles. The second-order valence-corrected chi connectivity index (χ2v) is 3.69. The van der Waals surface area contributed by atoms with Crippen LogP contribution < -0.4 is 0 Å². The number of rotatable bonds is 2. The zero-order valence-electron chi connectivity index (χ0n) is 9.51. The van der Waals surface area contributed by atoms with Crippen molar-refractivity contribution in [3.8, 4) is 11.4 Å². The lowest BCUT2D eigenvalue weighted by Crippen LogP contribution is -1.88. The van der Waals surface area contributed by atoms with Crippen molar-refractivity contribution in [2.24, 2.45) is 0 Å². The first-order valence-corrected chi connectivity index (χ1v) is 5.31. The van der Waals surface area contributed by atoms with Gasteiger partial charge in [0.1, 0.15) is 0 Å². The third kappa shape index (κ3) is 2.34. The highest BCUT2D eigenvalue weighted by atomic mass is 14.8. The lowest BCUT2D eigenvalue weighted by molar-refractivity contribution is 1.23. The van der Waals surface area contributed by atoms with E-state index in [1.54, 1.807) is 0 Å². The molecule has 0 unspecified atom stereocenters. The molecule has 0 N–H and O–H groups in total. The highest BCUT2D eigenvalue weighted by Gasteiger charge is 2.00. The van der Waals surface area contributed by atoms with Crippen molar-refractivity contribution in [3.63, 3.8) is 0 Å². The Kier molecular flexibility index (Phi) is 3.10. The molecular formula is C14H14N2. The molecule has 0 atom stereocenters. The number of nitrogens with zero attached hydrogens (tertiary/aromatic N) is 2. The van der Waals surface area contributed by atoms with E-state index >= 15 is 0 Å². The van der Waals surface area contributed by atoms with Gasteiger partial charge in [0, 0.05) is 12.4 Å². The van der Waals surface area contributed by atoms with Crippen LogP contribution in [0.1, 0.15) is 18.1 Å². The van der Waals surface area contributed by atoms with E-state index < -0.39 is 0 Å². The summed E-state index contributed by atoms with van der Waals surface area (Å²) in [5.41, 5.74) is 4.18. The average molecular weight is 210 g/mol. The molecule has 16 heavy (non-hydrogen) atoms. The number of pyridine rings is 2. The van der Waals surface area contributed by atoms with Gasteiger partial charge in [-0.3, -0.25) is 9.97 Å². The molecule has 0 amide bonds. The van der Waals surface area contributed by atoms with Crippen LogP contribution in [0.25, 0.3) is 17.5 Å². The van der Waals surface area contributed by atoms with Crippen molar-refractivity contribution >= 4 is 6.08 Å². The van der Waals surface area contributed by atoms with Gasteiger partial charge in [-0.25, -0.2) is 0 Å². The predicted octanol–water partition coefficient (Wildman–Crippen LogP) is 3.49. The van der Waals surface area contributed by atoms with E-state index in [2.05, 4.69) is 23.0 Å². The first-order valence-electron chi connectivity index (χ1n) is 5.31. The maximum absolute atomic E-state index is 4.34. The Hall–Kier alpha value is -1.96. The second kappa shape index (κ2) is 4.71. The van der Waals surface area contributed by atoms with E-state index in [9.17, 15) is 0 Å². The molecule has 2 aromatic heterocycles. The second-order valence-electron chi connectivity index (χ2n) is 3.69. The minimum atomic E-state index is 0.916. The zero-order valence-corrected chi connectivity index (χ0v) is 9.51. The average Bonchev–Trinajstić information content (AvgIpc) is 2.30. The van der Waals surface area contributed by atoms with Gasteiger partial charge in [-0.05, 0) is 49.2 Å². The van der Waals surface area contributed by atoms with Gasteiger partial charge < -0.3 is 0 Å². The van der Waals surface area contributed by atoms with Crippen LogP contribution in [0.4, 0.5) is 0 Å². The van der Waals surface area contributed by atoms with Crippen molar-refractivity contribution < 1.29 is 0 Å². The van der Waals surface area contributed by atoms with Gasteiger partial charge in [0.2, 0.25) is 0 Å². The quantitative estimate of drug-likeness (QED) is 0.758. The summed E-state index contributed by atoms with van der Waals surface area (Å²) in [6.45, 7) is 4.06. The summed E-state index contributed by atoms with van der Waals surface area (Å²) in [7, 11) is 0. The Morgan fingerprint density at radius 2 is 1.69 bits per heavy atom. The standard InChI is InChI=1S/C14H14N2/c1-3-4-12-6-8-16-14(10-12)13-9-11(2)5-7-15-13/h3-10H,1-2H3/b4-3+. The van der Waals surface area contributed by atoms with Gasteiger partial charge in [0.15, 0.2) is 0 Å². The summed E-state index contributed by atoms with van der Waals surface area (Å²) in [6.07, 6.45) is 7.70. The summed E-state index contributed by atoms with van der Waals surface area (Å²) in [4.78, 5) is 8.66. The fourth-order valence-electron chi connectivity index (χ4n) is 1.56. The van der Waals surface area contributed by atoms with Gasteiger partial charge in [-0.15, -0.1) is 0 Å². The van der Waals surface area contributed by atoms with Crippen LogP contribution in [0, 0.1) is 6.92 Å². The normalized spacial score (nSPS) is 10.9. The fourth-order valence-corrected chi connectivity index (χ4v) is 1.56. The third-order valence-corrected chi connectivity index (χ3v) is 2.32. The Balaban J connectivity index is 2.44. The molecule has 0 aliphatic heterocycles. The van der Waals surface area contributed by atoms with Crippen molar-refractivity contribution in [2.45, 2.75) is 13.8 Å². The van der Waals surface area contributed by atoms with Gasteiger partial charge in [-0.2, -0.15) is 0 Å². The number of hydrogen-bond acceptors (Lipinski definition) is 2. The molecule has 2 heteroatoms. The fraction of sp³-hybridized carbons (Fsp3) is 0.143. The molecular weight excluding hydrogens is 196 g/mol. The van der Waals surface area contributed by atoms with Crippen LogP contribution in [0.2, 0.25) is 0 Å². The summed E-state index contributed by atoms with van der Waals surface area (Å²) < 4.78 is 0. The topological polar surface area (TPSA) is 25.8 Å². The van der Waals surface area contributed by atoms with Crippen LogP contribution in [-0.2, 0) is 0 Å². The molecule has 80 valence electrons. The Labute approximate surface area is 95.7 Å². The van der Waals surface area contributed by atoms with E-state index in [0.717, 1.165) is 17.0 Å². The third-order valence-electron chi connectivity index (χ3n) is 2.32. The maximum atomic E-state index is 4.34. The van der Waals surface area contributed by atoms with Crippen LogP contribution in [0.15, 0.2) is 42.7 Å². The van der Waals surface area contributed by atoms with Gasteiger partial charge in [0.05, 0.1) is 11.4 Å². The maximum Gasteiger partial charge on any atom is 0.0892 e. The summed E-state index contributed by atoms with van der Waals surface area (Å²) in [5, 5.41) is 0. The molecule has 0 spiro atoms. The lowest BCUT2D eigenvalue weighted by Gasteiger charge is -2.02. The molecule has 2 rings (SSSR count). The lowest BCUT2D eigenvalue weighted by atomic mass is 10.1. The van der Waals surface area contributed by atoms with Crippen LogP contribution in [0.5, 0.6) is 0 Å². The van der Waals surface area contributed by atoms with Crippen LogP contribution in [-0.4, -0.2) is 9.97 Å². The molecule has 0 radical (unpaired) electrons. The molecule has 0 aliphatic rings. The van der Waals surface area contributed by atoms with E-state index in [4.69, 9.17) is 0 Å². The minimum Gasteiger partial charge on any atom is -0.255 e. The van der Waals surface area contributed by atoms with E-state index in [-0.39, 0.29) is 0 Å². The number of hydrogen-bond donors (Lipinski definition) is 0. The largest absolute Gasteiger partial charge is 0.255 e. The first kappa shape index (κ1) is 10.6. The summed E-state index contributed by atoms with van der Waals surface area (Å²) >= 11 is 0. The number of aromatic nitrogens is 2. The zero-order chi connectivity index (χ0) is 11.4. The van der Waals surface area contributed by atoms with Crippen molar-refractivity contribution in [2.75, 3.05) is 0 Å². The van der Waals surface area contributed by atoms with Gasteiger partial charge in [0.25, 0.3) is 0 Å². The predicted molar refractivity (Wildman–Crippen MR) is 66.9 cm³/mol. The van der Waals surface area contributed by atoms with E-state index in [1.807, 2.05) is 49.7 Å². The molecule has 0 saturated carbocycles. The van der Waals surface area contributed by atoms with Gasteiger partial charge in [-0.1, -0.05) is 12.2 Å². The first-order chi connectivity index (χ1) is 7.79. The van der Waals surface area contributed by atoms with E-state index in [1.165, 1.54) is 5.56 Å². The van der Waals surface area contributed by atoms with Crippen LogP contribution in [0.3, 0.4) is 0 Å². The van der Waals surface area contributed by atoms with Crippen molar-refractivity contribution in [1.29, 1.82) is 0 Å². The van der Waals surface area contributed by atoms with Crippen LogP contribution >= 0.6 is 0 Å². The van der Waals surface area contributed by atoms with Crippen molar-refractivity contribution in [3.05, 3.63) is 53.9 Å². The Morgan fingerprint density at radius 3 is 2.38 bits per heavy atom. The SMILES string of the molecule is C/C=C/c1ccnc(-c2cc(C)ccn2)c1. The highest BCUT2D eigenvalue weighted by molar-refractivity contribution is 5.60. The molecule has 2 heterocycles. The van der Waals surface area contributed by atoms with Gasteiger partial charge >= 0.3 is 0 Å². The molecule has 0 aromatic carbocycles.